The maximum atomic E-state index is 13.4. The molecule has 1 nitrogen and oxygen atoms in total. The van der Waals surface area contributed by atoms with E-state index in [0.29, 0.717) is 6.54 Å². The number of anilines is 1. The second-order valence-electron chi connectivity index (χ2n) is 4.50. The molecule has 0 aliphatic rings. The molecule has 4 heteroatoms. The maximum absolute atomic E-state index is 13.4. The highest BCUT2D eigenvalue weighted by Crippen LogP contribution is 2.20. The summed E-state index contributed by atoms with van der Waals surface area (Å²) in [5, 5.41) is 2.76. The van der Waals surface area contributed by atoms with Crippen molar-refractivity contribution >= 4 is 5.69 Å². The van der Waals surface area contributed by atoms with Crippen molar-refractivity contribution in [3.05, 3.63) is 64.5 Å². The Morgan fingerprint density at radius 2 is 1.63 bits per heavy atom. The molecule has 2 rings (SSSR count). The van der Waals surface area contributed by atoms with Gasteiger partial charge in [0, 0.05) is 6.54 Å². The Morgan fingerprint density at radius 1 is 0.895 bits per heavy atom. The van der Waals surface area contributed by atoms with Crippen LogP contribution in [0.2, 0.25) is 0 Å². The normalized spacial score (nSPS) is 10.6. The molecule has 19 heavy (non-hydrogen) atoms. The molecule has 0 saturated heterocycles. The van der Waals surface area contributed by atoms with Gasteiger partial charge in [-0.25, -0.2) is 13.2 Å². The fourth-order valence-corrected chi connectivity index (χ4v) is 1.77. The Morgan fingerprint density at radius 3 is 2.32 bits per heavy atom. The van der Waals surface area contributed by atoms with Crippen LogP contribution in [0.5, 0.6) is 0 Å². The summed E-state index contributed by atoms with van der Waals surface area (Å²) in [7, 11) is 0. The summed E-state index contributed by atoms with van der Waals surface area (Å²) < 4.78 is 39.3. The molecule has 2 aromatic carbocycles. The van der Waals surface area contributed by atoms with Gasteiger partial charge in [0.2, 0.25) is 0 Å². The first-order chi connectivity index (χ1) is 8.99. The van der Waals surface area contributed by atoms with Crippen LogP contribution >= 0.6 is 0 Å². The van der Waals surface area contributed by atoms with E-state index in [-0.39, 0.29) is 5.69 Å². The highest BCUT2D eigenvalue weighted by molar-refractivity contribution is 5.46. The number of aryl methyl sites for hydroxylation is 2. The zero-order chi connectivity index (χ0) is 14.0. The summed E-state index contributed by atoms with van der Waals surface area (Å²) in [4.78, 5) is 0. The molecule has 0 heterocycles. The van der Waals surface area contributed by atoms with Crippen LogP contribution in [0.1, 0.15) is 16.7 Å². The lowest BCUT2D eigenvalue weighted by Crippen LogP contribution is -2.04. The lowest BCUT2D eigenvalue weighted by Gasteiger charge is -2.10. The quantitative estimate of drug-likeness (QED) is 0.814. The first-order valence-electron chi connectivity index (χ1n) is 5.92. The van der Waals surface area contributed by atoms with Crippen molar-refractivity contribution < 1.29 is 13.2 Å². The Hall–Kier alpha value is -1.97. The van der Waals surface area contributed by atoms with E-state index in [1.54, 1.807) is 0 Å². The Labute approximate surface area is 110 Å². The Kier molecular flexibility index (Phi) is 3.79. The highest BCUT2D eigenvalue weighted by Gasteiger charge is 2.12. The fraction of sp³-hybridized carbons (Fsp3) is 0.200. The zero-order valence-corrected chi connectivity index (χ0v) is 10.7. The number of rotatable bonds is 3. The van der Waals surface area contributed by atoms with Crippen molar-refractivity contribution in [2.24, 2.45) is 0 Å². The summed E-state index contributed by atoms with van der Waals surface area (Å²) in [5.41, 5.74) is 3.21. The topological polar surface area (TPSA) is 12.0 Å². The van der Waals surface area contributed by atoms with E-state index in [2.05, 4.69) is 5.32 Å². The Bertz CT molecular complexity index is 609. The maximum Gasteiger partial charge on any atom is 0.196 e. The van der Waals surface area contributed by atoms with Gasteiger partial charge in [-0.3, -0.25) is 0 Å². The van der Waals surface area contributed by atoms with Gasteiger partial charge in [0.25, 0.3) is 0 Å². The summed E-state index contributed by atoms with van der Waals surface area (Å²) in [5.74, 6) is -3.83. The standard InChI is InChI=1S/C15H14F3N/c1-9-3-4-11(7-10(9)2)8-19-13-6-5-12(16)14(17)15(13)18/h3-7,19H,8H2,1-2H3. The van der Waals surface area contributed by atoms with Crippen LogP contribution in [-0.4, -0.2) is 0 Å². The summed E-state index contributed by atoms with van der Waals surface area (Å²) >= 11 is 0. The van der Waals surface area contributed by atoms with Crippen LogP contribution in [0, 0.1) is 31.3 Å². The summed E-state index contributed by atoms with van der Waals surface area (Å²) in [6.07, 6.45) is 0. The first-order valence-corrected chi connectivity index (χ1v) is 5.92. The summed E-state index contributed by atoms with van der Waals surface area (Å²) in [6.45, 7) is 4.33. The SMILES string of the molecule is Cc1ccc(CNc2ccc(F)c(F)c2F)cc1C. The van der Waals surface area contributed by atoms with Gasteiger partial charge in [-0.05, 0) is 42.7 Å². The van der Waals surface area contributed by atoms with Crippen molar-refractivity contribution in [3.63, 3.8) is 0 Å². The second kappa shape index (κ2) is 5.34. The number of nitrogens with one attached hydrogen (secondary N) is 1. The van der Waals surface area contributed by atoms with Crippen LogP contribution in [0.15, 0.2) is 30.3 Å². The van der Waals surface area contributed by atoms with E-state index in [1.165, 1.54) is 11.6 Å². The minimum Gasteiger partial charge on any atom is -0.379 e. The van der Waals surface area contributed by atoms with E-state index in [1.807, 2.05) is 32.0 Å². The van der Waals surface area contributed by atoms with Gasteiger partial charge < -0.3 is 5.32 Å². The number of hydrogen-bond donors (Lipinski definition) is 1. The molecule has 1 N–H and O–H groups in total. The predicted molar refractivity (Wildman–Crippen MR) is 69.6 cm³/mol. The third-order valence-electron chi connectivity index (χ3n) is 3.09. The van der Waals surface area contributed by atoms with Gasteiger partial charge in [-0.2, -0.15) is 0 Å². The molecule has 2 aromatic rings. The van der Waals surface area contributed by atoms with Gasteiger partial charge in [0.05, 0.1) is 5.69 Å². The van der Waals surface area contributed by atoms with Crippen molar-refractivity contribution in [2.75, 3.05) is 5.32 Å². The minimum absolute atomic E-state index is 0.0443. The van der Waals surface area contributed by atoms with Crippen LogP contribution in [-0.2, 0) is 6.54 Å². The molecule has 0 amide bonds. The van der Waals surface area contributed by atoms with E-state index >= 15 is 0 Å². The molecule has 0 unspecified atom stereocenters. The largest absolute Gasteiger partial charge is 0.379 e. The average molecular weight is 265 g/mol. The first kappa shape index (κ1) is 13.5. The van der Waals surface area contributed by atoms with Crippen LogP contribution < -0.4 is 5.32 Å². The van der Waals surface area contributed by atoms with E-state index in [0.717, 1.165) is 17.2 Å². The molecule has 0 fully saturated rings. The van der Waals surface area contributed by atoms with Gasteiger partial charge in [0.1, 0.15) is 0 Å². The van der Waals surface area contributed by atoms with Crippen LogP contribution in [0.25, 0.3) is 0 Å². The molecular formula is C15H14F3N. The third kappa shape index (κ3) is 2.89. The van der Waals surface area contributed by atoms with E-state index in [4.69, 9.17) is 0 Å². The van der Waals surface area contributed by atoms with Gasteiger partial charge >= 0.3 is 0 Å². The molecular weight excluding hydrogens is 251 g/mol. The summed E-state index contributed by atoms with van der Waals surface area (Å²) in [6, 6.07) is 7.94. The van der Waals surface area contributed by atoms with Crippen molar-refractivity contribution in [1.82, 2.24) is 0 Å². The number of halogens is 3. The third-order valence-corrected chi connectivity index (χ3v) is 3.09. The van der Waals surface area contributed by atoms with Crippen molar-refractivity contribution in [3.8, 4) is 0 Å². The molecule has 0 saturated carbocycles. The predicted octanol–water partition coefficient (Wildman–Crippen LogP) is 4.33. The smallest absolute Gasteiger partial charge is 0.196 e. The van der Waals surface area contributed by atoms with Gasteiger partial charge in [0.15, 0.2) is 17.5 Å². The van der Waals surface area contributed by atoms with E-state index in [9.17, 15) is 13.2 Å². The fourth-order valence-electron chi connectivity index (χ4n) is 1.77. The second-order valence-corrected chi connectivity index (χ2v) is 4.50. The minimum atomic E-state index is -1.45. The molecule has 0 aliphatic heterocycles. The van der Waals surface area contributed by atoms with Crippen molar-refractivity contribution in [1.29, 1.82) is 0 Å². The monoisotopic (exact) mass is 265 g/mol. The van der Waals surface area contributed by atoms with E-state index < -0.39 is 17.5 Å². The zero-order valence-electron chi connectivity index (χ0n) is 10.7. The Balaban J connectivity index is 2.14. The highest BCUT2D eigenvalue weighted by atomic mass is 19.2. The lowest BCUT2D eigenvalue weighted by atomic mass is 10.1. The molecule has 0 aromatic heterocycles. The molecule has 0 radical (unpaired) electrons. The van der Waals surface area contributed by atoms with Crippen LogP contribution in [0.3, 0.4) is 0 Å². The number of hydrogen-bond acceptors (Lipinski definition) is 1. The molecule has 0 spiro atoms. The lowest BCUT2D eigenvalue weighted by molar-refractivity contribution is 0.449. The van der Waals surface area contributed by atoms with Crippen LogP contribution in [0.4, 0.5) is 18.9 Å². The molecule has 0 atom stereocenters. The van der Waals surface area contributed by atoms with Gasteiger partial charge in [-0.15, -0.1) is 0 Å². The number of benzene rings is 2. The van der Waals surface area contributed by atoms with Crippen molar-refractivity contribution in [2.45, 2.75) is 20.4 Å². The molecule has 0 bridgehead atoms. The average Bonchev–Trinajstić information content (AvgIpc) is 2.39. The molecule has 0 aliphatic carbocycles. The molecule has 100 valence electrons. The van der Waals surface area contributed by atoms with Gasteiger partial charge in [-0.1, -0.05) is 18.2 Å².